The predicted molar refractivity (Wildman–Crippen MR) is 153 cm³/mol. The fourth-order valence-corrected chi connectivity index (χ4v) is 4.72. The quantitative estimate of drug-likeness (QED) is 0.184. The highest BCUT2D eigenvalue weighted by molar-refractivity contribution is 6.36. The van der Waals surface area contributed by atoms with Crippen molar-refractivity contribution in [3.63, 3.8) is 0 Å². The molecule has 0 saturated heterocycles. The third-order valence-electron chi connectivity index (χ3n) is 5.74. The number of hydrogen-bond acceptors (Lipinski definition) is 3. The minimum Gasteiger partial charge on any atom is -0.369 e. The van der Waals surface area contributed by atoms with E-state index in [-0.39, 0.29) is 11.5 Å². The van der Waals surface area contributed by atoms with E-state index >= 15 is 0 Å². The second-order valence-electron chi connectivity index (χ2n) is 9.38. The standard InChI is InChI=1S/C28H27Cl3N4O/c1-16(2)14-35-27-23(25(17(3)28(35)36)32-15-34(4)5)13-22(18-6-8-19(29)9-7-18)26(33-27)21-11-10-20(30)12-24(21)31/h6-13,15-16H,14H2,1-5H3. The summed E-state index contributed by atoms with van der Waals surface area (Å²) in [7, 11) is 3.78. The minimum absolute atomic E-state index is 0.109. The molecule has 0 aliphatic heterocycles. The Balaban J connectivity index is 2.18. The molecule has 0 spiro atoms. The molecule has 2 aromatic carbocycles. The van der Waals surface area contributed by atoms with Crippen LogP contribution in [0.2, 0.25) is 15.1 Å². The Morgan fingerprint density at radius 1 is 1.00 bits per heavy atom. The summed E-state index contributed by atoms with van der Waals surface area (Å²) >= 11 is 19.0. The van der Waals surface area contributed by atoms with Gasteiger partial charge in [0.05, 0.1) is 22.7 Å². The number of benzene rings is 2. The molecule has 2 aromatic heterocycles. The molecular weight excluding hydrogens is 515 g/mol. The van der Waals surface area contributed by atoms with Gasteiger partial charge in [0.25, 0.3) is 5.56 Å². The van der Waals surface area contributed by atoms with Crippen LogP contribution in [0.3, 0.4) is 0 Å². The van der Waals surface area contributed by atoms with Crippen LogP contribution < -0.4 is 5.56 Å². The lowest BCUT2D eigenvalue weighted by Gasteiger charge is -2.19. The van der Waals surface area contributed by atoms with Gasteiger partial charge in [-0.3, -0.25) is 9.36 Å². The highest BCUT2D eigenvalue weighted by Gasteiger charge is 2.21. The van der Waals surface area contributed by atoms with Gasteiger partial charge in [0.1, 0.15) is 5.65 Å². The number of halogens is 3. The van der Waals surface area contributed by atoms with Gasteiger partial charge in [-0.1, -0.05) is 60.8 Å². The van der Waals surface area contributed by atoms with Crippen molar-refractivity contribution in [1.29, 1.82) is 0 Å². The van der Waals surface area contributed by atoms with E-state index in [1.165, 1.54) is 0 Å². The average Bonchev–Trinajstić information content (AvgIpc) is 2.81. The Hall–Kier alpha value is -2.86. The molecule has 0 fully saturated rings. The molecule has 5 nitrogen and oxygen atoms in total. The first kappa shape index (κ1) is 26.2. The number of pyridine rings is 2. The molecule has 4 aromatic rings. The van der Waals surface area contributed by atoms with Gasteiger partial charge in [0.15, 0.2) is 0 Å². The molecule has 186 valence electrons. The topological polar surface area (TPSA) is 50.5 Å². The Labute approximate surface area is 226 Å². The lowest BCUT2D eigenvalue weighted by molar-refractivity contribution is 0.520. The Bertz CT molecular complexity index is 1520. The van der Waals surface area contributed by atoms with Crippen molar-refractivity contribution in [3.05, 3.63) is 79.5 Å². The summed E-state index contributed by atoms with van der Waals surface area (Å²) < 4.78 is 1.74. The van der Waals surface area contributed by atoms with Crippen LogP contribution in [-0.2, 0) is 6.54 Å². The lowest BCUT2D eigenvalue weighted by atomic mass is 9.97. The molecule has 0 amide bonds. The fourth-order valence-electron chi connectivity index (χ4n) is 4.10. The first-order chi connectivity index (χ1) is 17.1. The molecule has 0 aliphatic rings. The number of nitrogens with zero attached hydrogens (tertiary/aromatic N) is 4. The molecule has 0 N–H and O–H groups in total. The van der Waals surface area contributed by atoms with Gasteiger partial charge in [-0.2, -0.15) is 0 Å². The van der Waals surface area contributed by atoms with E-state index in [9.17, 15) is 4.79 Å². The summed E-state index contributed by atoms with van der Waals surface area (Å²) in [6.07, 6.45) is 1.69. The second-order valence-corrected chi connectivity index (χ2v) is 10.7. The first-order valence-electron chi connectivity index (χ1n) is 11.6. The van der Waals surface area contributed by atoms with Gasteiger partial charge in [-0.05, 0) is 54.8 Å². The van der Waals surface area contributed by atoms with E-state index in [0.29, 0.717) is 44.2 Å². The van der Waals surface area contributed by atoms with Gasteiger partial charge in [-0.15, -0.1) is 0 Å². The van der Waals surface area contributed by atoms with Crippen LogP contribution in [0.15, 0.2) is 58.3 Å². The monoisotopic (exact) mass is 540 g/mol. The molecule has 0 saturated carbocycles. The number of aromatic nitrogens is 2. The lowest BCUT2D eigenvalue weighted by Crippen LogP contribution is -2.26. The SMILES string of the molecule is Cc1c(N=CN(C)C)c2cc(-c3ccc(Cl)cc3)c(-c3ccc(Cl)cc3Cl)nc2n(CC(C)C)c1=O. The van der Waals surface area contributed by atoms with Gasteiger partial charge in [0.2, 0.25) is 0 Å². The molecule has 0 aliphatic carbocycles. The Morgan fingerprint density at radius 3 is 2.28 bits per heavy atom. The molecule has 8 heteroatoms. The summed E-state index contributed by atoms with van der Waals surface area (Å²) in [5.74, 6) is 0.238. The van der Waals surface area contributed by atoms with Gasteiger partial charge in [0, 0.05) is 52.8 Å². The molecule has 0 bridgehead atoms. The summed E-state index contributed by atoms with van der Waals surface area (Å²) in [4.78, 5) is 25.1. The van der Waals surface area contributed by atoms with Crippen LogP contribution in [0, 0.1) is 12.8 Å². The van der Waals surface area contributed by atoms with E-state index in [1.807, 2.05) is 62.3 Å². The molecule has 0 atom stereocenters. The van der Waals surface area contributed by atoms with E-state index in [0.717, 1.165) is 22.1 Å². The van der Waals surface area contributed by atoms with Gasteiger partial charge in [-0.25, -0.2) is 9.98 Å². The predicted octanol–water partition coefficient (Wildman–Crippen LogP) is 7.88. The normalized spacial score (nSPS) is 11.7. The van der Waals surface area contributed by atoms with Crippen molar-refractivity contribution in [3.8, 4) is 22.4 Å². The first-order valence-corrected chi connectivity index (χ1v) is 12.7. The maximum Gasteiger partial charge on any atom is 0.257 e. The fraction of sp³-hybridized carbons (Fsp3) is 0.250. The van der Waals surface area contributed by atoms with Crippen molar-refractivity contribution in [1.82, 2.24) is 14.5 Å². The third kappa shape index (κ3) is 5.29. The van der Waals surface area contributed by atoms with Crippen molar-refractivity contribution < 1.29 is 0 Å². The van der Waals surface area contributed by atoms with Crippen LogP contribution in [-0.4, -0.2) is 34.9 Å². The molecule has 36 heavy (non-hydrogen) atoms. The Morgan fingerprint density at radius 2 is 1.67 bits per heavy atom. The summed E-state index contributed by atoms with van der Waals surface area (Å²) in [5.41, 5.74) is 4.74. The van der Waals surface area contributed by atoms with E-state index in [4.69, 9.17) is 39.8 Å². The highest BCUT2D eigenvalue weighted by atomic mass is 35.5. The summed E-state index contributed by atoms with van der Waals surface area (Å²) in [5, 5.41) is 2.42. The largest absolute Gasteiger partial charge is 0.369 e. The van der Waals surface area contributed by atoms with Crippen molar-refractivity contribution in [2.45, 2.75) is 27.3 Å². The molecule has 0 unspecified atom stereocenters. The van der Waals surface area contributed by atoms with Crippen LogP contribution in [0.5, 0.6) is 0 Å². The van der Waals surface area contributed by atoms with Gasteiger partial charge >= 0.3 is 0 Å². The number of hydrogen-bond donors (Lipinski definition) is 0. The molecule has 4 rings (SSSR count). The smallest absolute Gasteiger partial charge is 0.257 e. The zero-order valence-electron chi connectivity index (χ0n) is 20.8. The van der Waals surface area contributed by atoms with Crippen LogP contribution in [0.25, 0.3) is 33.4 Å². The number of aliphatic imine (C=N–C) groups is 1. The average molecular weight is 542 g/mol. The zero-order chi connectivity index (χ0) is 26.1. The highest BCUT2D eigenvalue weighted by Crippen LogP contribution is 2.40. The number of rotatable bonds is 6. The van der Waals surface area contributed by atoms with Crippen LogP contribution >= 0.6 is 34.8 Å². The van der Waals surface area contributed by atoms with Crippen molar-refractivity contribution in [2.75, 3.05) is 14.1 Å². The molecule has 0 radical (unpaired) electrons. The minimum atomic E-state index is -0.109. The third-order valence-corrected chi connectivity index (χ3v) is 6.54. The summed E-state index contributed by atoms with van der Waals surface area (Å²) in [6.45, 7) is 6.48. The van der Waals surface area contributed by atoms with Crippen molar-refractivity contribution in [2.24, 2.45) is 10.9 Å². The van der Waals surface area contributed by atoms with Gasteiger partial charge < -0.3 is 4.90 Å². The summed E-state index contributed by atoms with van der Waals surface area (Å²) in [6, 6.07) is 14.9. The van der Waals surface area contributed by atoms with Crippen molar-refractivity contribution >= 4 is 57.9 Å². The molecular formula is C28H27Cl3N4O. The van der Waals surface area contributed by atoms with E-state index < -0.39 is 0 Å². The van der Waals surface area contributed by atoms with Crippen LogP contribution in [0.4, 0.5) is 5.69 Å². The number of fused-ring (bicyclic) bond motifs is 1. The van der Waals surface area contributed by atoms with Crippen LogP contribution in [0.1, 0.15) is 19.4 Å². The Kier molecular flexibility index (Phi) is 7.74. The van der Waals surface area contributed by atoms with E-state index in [2.05, 4.69) is 18.8 Å². The van der Waals surface area contributed by atoms with E-state index in [1.54, 1.807) is 23.0 Å². The molecule has 2 heterocycles. The maximum atomic E-state index is 13.5. The maximum absolute atomic E-state index is 13.5. The zero-order valence-corrected chi connectivity index (χ0v) is 23.1. The second kappa shape index (κ2) is 10.6.